The van der Waals surface area contributed by atoms with Crippen molar-refractivity contribution in [1.29, 1.82) is 0 Å². The van der Waals surface area contributed by atoms with E-state index in [0.29, 0.717) is 12.3 Å². The minimum Gasteiger partial charge on any atom is -0.326 e. The van der Waals surface area contributed by atoms with Gasteiger partial charge in [0, 0.05) is 21.3 Å². The van der Waals surface area contributed by atoms with Crippen LogP contribution in [0, 0.1) is 0 Å². The molecule has 0 aliphatic rings. The number of hydrogen-bond acceptors (Lipinski definition) is 1. The van der Waals surface area contributed by atoms with Gasteiger partial charge in [0.1, 0.15) is 0 Å². The summed E-state index contributed by atoms with van der Waals surface area (Å²) in [6.45, 7) is 0. The fourth-order valence-corrected chi connectivity index (χ4v) is 4.73. The third-order valence-corrected chi connectivity index (χ3v) is 5.79. The van der Waals surface area contributed by atoms with Crippen LogP contribution < -0.4 is 0 Å². The van der Waals surface area contributed by atoms with Crippen molar-refractivity contribution in [2.45, 2.75) is 12.3 Å². The second kappa shape index (κ2) is 6.70. The predicted molar refractivity (Wildman–Crippen MR) is 84.7 cm³/mol. The number of benzene rings is 2. The summed E-state index contributed by atoms with van der Waals surface area (Å²) in [4.78, 5) is 0. The van der Waals surface area contributed by atoms with Crippen molar-refractivity contribution in [2.24, 2.45) is 0 Å². The Balaban J connectivity index is 2.06. The van der Waals surface area contributed by atoms with Crippen LogP contribution in [0.4, 0.5) is 0 Å². The normalized spacial score (nSPS) is 10.8. The van der Waals surface area contributed by atoms with Crippen LogP contribution in [0.2, 0.25) is 0 Å². The molecule has 0 atom stereocenters. The molecule has 0 fully saturated rings. The molecule has 0 bridgehead atoms. The molecule has 4 heteroatoms. The number of halogens is 2. The van der Waals surface area contributed by atoms with Gasteiger partial charge < -0.3 is 4.57 Å². The molecule has 0 unspecified atom stereocenters. The molecule has 0 aromatic heterocycles. The Hall–Kier alpha value is -0.370. The quantitative estimate of drug-likeness (QED) is 0.635. The first-order valence-electron chi connectivity index (χ1n) is 5.65. The second-order valence-corrected chi connectivity index (χ2v) is 7.57. The van der Waals surface area contributed by atoms with Crippen molar-refractivity contribution in [1.82, 2.24) is 0 Å². The van der Waals surface area contributed by atoms with Crippen LogP contribution in [-0.4, -0.2) is 0 Å². The third-order valence-electron chi connectivity index (χ3n) is 2.69. The van der Waals surface area contributed by atoms with Gasteiger partial charge in [-0.1, -0.05) is 68.3 Å². The minimum atomic E-state index is -1.65. The van der Waals surface area contributed by atoms with E-state index < -0.39 is 7.80 Å². The molecule has 0 aliphatic carbocycles. The first-order chi connectivity index (χ1) is 8.66. The molecule has 2 aromatic rings. The maximum absolute atomic E-state index is 12.2. The highest BCUT2D eigenvalue weighted by Gasteiger charge is 2.07. The van der Waals surface area contributed by atoms with Gasteiger partial charge in [0.15, 0.2) is 0 Å². The van der Waals surface area contributed by atoms with Crippen LogP contribution in [0.25, 0.3) is 0 Å². The molecule has 0 aliphatic heterocycles. The van der Waals surface area contributed by atoms with Crippen molar-refractivity contribution < 1.29 is 4.57 Å². The molecule has 94 valence electrons. The standard InChI is InChI=1S/C14H13Br2OP/c15-13-7-3-1-5-11(13)9-18(17)10-12-6-2-4-8-14(12)16/h1-8,18H,9-10H2. The van der Waals surface area contributed by atoms with Gasteiger partial charge in [-0.25, -0.2) is 0 Å². The van der Waals surface area contributed by atoms with Crippen LogP contribution in [0.1, 0.15) is 11.1 Å². The van der Waals surface area contributed by atoms with E-state index in [1.165, 1.54) is 0 Å². The van der Waals surface area contributed by atoms with Crippen LogP contribution in [0.15, 0.2) is 57.5 Å². The largest absolute Gasteiger partial charge is 0.326 e. The second-order valence-electron chi connectivity index (χ2n) is 4.08. The minimum absolute atomic E-state index is 0.646. The summed E-state index contributed by atoms with van der Waals surface area (Å²) in [5, 5.41) is 0. The molecule has 0 radical (unpaired) electrons. The maximum atomic E-state index is 12.2. The van der Waals surface area contributed by atoms with Gasteiger partial charge >= 0.3 is 0 Å². The lowest BCUT2D eigenvalue weighted by Crippen LogP contribution is -1.86. The van der Waals surface area contributed by atoms with E-state index >= 15 is 0 Å². The summed E-state index contributed by atoms with van der Waals surface area (Å²) < 4.78 is 14.3. The Morgan fingerprint density at radius 2 is 1.17 bits per heavy atom. The van der Waals surface area contributed by atoms with Crippen LogP contribution >= 0.6 is 39.7 Å². The number of rotatable bonds is 4. The zero-order chi connectivity index (χ0) is 13.0. The van der Waals surface area contributed by atoms with Gasteiger partial charge in [-0.2, -0.15) is 0 Å². The fourth-order valence-electron chi connectivity index (χ4n) is 1.77. The molecular formula is C14H13Br2OP. The summed E-state index contributed by atoms with van der Waals surface area (Å²) >= 11 is 6.99. The van der Waals surface area contributed by atoms with Gasteiger partial charge in [-0.05, 0) is 23.3 Å². The molecule has 0 amide bonds. The first-order valence-corrected chi connectivity index (χ1v) is 9.06. The van der Waals surface area contributed by atoms with E-state index in [1.54, 1.807) is 0 Å². The Kier molecular flexibility index (Phi) is 5.23. The lowest BCUT2D eigenvalue weighted by Gasteiger charge is -2.06. The van der Waals surface area contributed by atoms with E-state index in [2.05, 4.69) is 31.9 Å². The molecule has 0 saturated heterocycles. The molecule has 0 spiro atoms. The van der Waals surface area contributed by atoms with Crippen molar-refractivity contribution in [2.75, 3.05) is 0 Å². The third kappa shape index (κ3) is 3.81. The van der Waals surface area contributed by atoms with Crippen LogP contribution in [0.3, 0.4) is 0 Å². The smallest absolute Gasteiger partial charge is 0.0846 e. The molecule has 0 heterocycles. The number of hydrogen-bond donors (Lipinski definition) is 0. The van der Waals surface area contributed by atoms with Crippen LogP contribution in [-0.2, 0) is 16.9 Å². The average Bonchev–Trinajstić information content (AvgIpc) is 2.35. The van der Waals surface area contributed by atoms with Crippen LogP contribution in [0.5, 0.6) is 0 Å². The zero-order valence-corrected chi connectivity index (χ0v) is 13.9. The van der Waals surface area contributed by atoms with E-state index in [9.17, 15) is 4.57 Å². The van der Waals surface area contributed by atoms with Gasteiger partial charge in [-0.15, -0.1) is 0 Å². The topological polar surface area (TPSA) is 17.1 Å². The molecule has 18 heavy (non-hydrogen) atoms. The SMILES string of the molecule is O=[PH](Cc1ccccc1Br)Cc1ccccc1Br. The highest BCUT2D eigenvalue weighted by molar-refractivity contribution is 9.10. The molecule has 2 rings (SSSR count). The molecule has 1 nitrogen and oxygen atoms in total. The first kappa shape index (κ1) is 14.0. The molecular weight excluding hydrogens is 375 g/mol. The summed E-state index contributed by atoms with van der Waals surface area (Å²) in [7, 11) is -1.65. The molecule has 0 N–H and O–H groups in total. The average molecular weight is 388 g/mol. The molecule has 2 aromatic carbocycles. The van der Waals surface area contributed by atoms with Gasteiger partial charge in [-0.3, -0.25) is 0 Å². The highest BCUT2D eigenvalue weighted by Crippen LogP contribution is 2.35. The Morgan fingerprint density at radius 1 is 0.778 bits per heavy atom. The Labute approximate surface area is 125 Å². The van der Waals surface area contributed by atoms with E-state index in [1.807, 2.05) is 48.5 Å². The zero-order valence-electron chi connectivity index (χ0n) is 9.70. The maximum Gasteiger partial charge on any atom is 0.0846 e. The van der Waals surface area contributed by atoms with E-state index in [-0.39, 0.29) is 0 Å². The van der Waals surface area contributed by atoms with Gasteiger partial charge in [0.2, 0.25) is 0 Å². The molecule has 0 saturated carbocycles. The van der Waals surface area contributed by atoms with Crippen molar-refractivity contribution in [3.8, 4) is 0 Å². The van der Waals surface area contributed by atoms with Crippen molar-refractivity contribution >= 4 is 39.7 Å². The summed E-state index contributed by atoms with van der Waals surface area (Å²) in [5.41, 5.74) is 2.24. The monoisotopic (exact) mass is 386 g/mol. The Bertz CT molecular complexity index is 520. The summed E-state index contributed by atoms with van der Waals surface area (Å²) in [6.07, 6.45) is 1.29. The fraction of sp³-hybridized carbons (Fsp3) is 0.143. The van der Waals surface area contributed by atoms with Gasteiger partial charge in [0.05, 0.1) is 7.80 Å². The lowest BCUT2D eigenvalue weighted by molar-refractivity contribution is 0.586. The lowest BCUT2D eigenvalue weighted by atomic mass is 10.2. The van der Waals surface area contributed by atoms with E-state index in [0.717, 1.165) is 20.1 Å². The van der Waals surface area contributed by atoms with Crippen molar-refractivity contribution in [3.63, 3.8) is 0 Å². The highest BCUT2D eigenvalue weighted by atomic mass is 79.9. The van der Waals surface area contributed by atoms with Gasteiger partial charge in [0.25, 0.3) is 0 Å². The summed E-state index contributed by atoms with van der Waals surface area (Å²) in [5.74, 6) is 0. The Morgan fingerprint density at radius 3 is 1.56 bits per heavy atom. The van der Waals surface area contributed by atoms with E-state index in [4.69, 9.17) is 0 Å². The van der Waals surface area contributed by atoms with Crippen molar-refractivity contribution in [3.05, 3.63) is 68.6 Å². The predicted octanol–water partition coefficient (Wildman–Crippen LogP) is 5.47. The summed E-state index contributed by atoms with van der Waals surface area (Å²) in [6, 6.07) is 15.9.